The second kappa shape index (κ2) is 6.94. The number of hydrogen-bond acceptors (Lipinski definition) is 2. The second-order valence-electron chi connectivity index (χ2n) is 6.76. The van der Waals surface area contributed by atoms with E-state index in [0.29, 0.717) is 13.0 Å². The molecule has 0 unspecified atom stereocenters. The molecule has 3 N–H and O–H groups in total. The molecule has 2 rings (SSSR count). The number of amides is 1. The van der Waals surface area contributed by atoms with Crippen molar-refractivity contribution >= 4 is 18.3 Å². The summed E-state index contributed by atoms with van der Waals surface area (Å²) in [7, 11) is 0. The maximum absolute atomic E-state index is 12.3. The number of rotatable bonds is 4. The average Bonchev–Trinajstić information content (AvgIpc) is 2.76. The summed E-state index contributed by atoms with van der Waals surface area (Å²) in [5.41, 5.74) is 6.10. The number of carbonyl (C=O) groups excluding carboxylic acids is 1. The highest BCUT2D eigenvalue weighted by molar-refractivity contribution is 5.85. The Hall–Kier alpha value is -0.280. The first-order valence-corrected chi connectivity index (χ1v) is 7.59. The lowest BCUT2D eigenvalue weighted by Crippen LogP contribution is -2.47. The average molecular weight is 289 g/mol. The van der Waals surface area contributed by atoms with Crippen LogP contribution in [-0.4, -0.2) is 18.0 Å². The normalized spacial score (nSPS) is 24.5. The topological polar surface area (TPSA) is 55.1 Å². The maximum atomic E-state index is 12.3. The van der Waals surface area contributed by atoms with Crippen molar-refractivity contribution in [1.29, 1.82) is 0 Å². The molecule has 0 heterocycles. The minimum absolute atomic E-state index is 0. The monoisotopic (exact) mass is 288 g/mol. The van der Waals surface area contributed by atoms with Gasteiger partial charge in [0.1, 0.15) is 0 Å². The molecule has 112 valence electrons. The summed E-state index contributed by atoms with van der Waals surface area (Å²) in [5, 5.41) is 3.27. The summed E-state index contributed by atoms with van der Waals surface area (Å²) < 4.78 is 0. The molecule has 0 aromatic rings. The third-order valence-electron chi connectivity index (χ3n) is 5.03. The van der Waals surface area contributed by atoms with Crippen molar-refractivity contribution in [3.05, 3.63) is 0 Å². The number of nitrogens with two attached hydrogens (primary N) is 1. The summed E-state index contributed by atoms with van der Waals surface area (Å²) in [4.78, 5) is 12.3. The number of carbonyl (C=O) groups is 1. The van der Waals surface area contributed by atoms with Gasteiger partial charge < -0.3 is 11.1 Å². The largest absolute Gasteiger partial charge is 0.351 e. The van der Waals surface area contributed by atoms with Gasteiger partial charge in [-0.05, 0) is 44.6 Å². The predicted molar refractivity (Wildman–Crippen MR) is 81.5 cm³/mol. The molecule has 2 aliphatic carbocycles. The molecule has 2 saturated carbocycles. The van der Waals surface area contributed by atoms with Crippen LogP contribution < -0.4 is 11.1 Å². The highest BCUT2D eigenvalue weighted by atomic mass is 35.5. The third-order valence-corrected chi connectivity index (χ3v) is 5.03. The van der Waals surface area contributed by atoms with Crippen LogP contribution in [0.15, 0.2) is 0 Å². The van der Waals surface area contributed by atoms with Crippen molar-refractivity contribution in [2.75, 3.05) is 6.54 Å². The van der Waals surface area contributed by atoms with Crippen molar-refractivity contribution in [2.24, 2.45) is 11.1 Å². The van der Waals surface area contributed by atoms with Gasteiger partial charge in [-0.15, -0.1) is 12.4 Å². The van der Waals surface area contributed by atoms with Crippen LogP contribution >= 0.6 is 12.4 Å². The van der Waals surface area contributed by atoms with Crippen LogP contribution in [0, 0.1) is 5.41 Å². The Labute approximate surface area is 123 Å². The van der Waals surface area contributed by atoms with Gasteiger partial charge in [0, 0.05) is 12.0 Å². The molecule has 0 saturated heterocycles. The molecule has 4 heteroatoms. The SMILES string of the molecule is CC1(NC(=O)CC2(CN)CCCCC2)CCCC1.Cl. The Morgan fingerprint density at radius 1 is 1.05 bits per heavy atom. The molecule has 19 heavy (non-hydrogen) atoms. The van der Waals surface area contributed by atoms with Gasteiger partial charge in [0.2, 0.25) is 5.91 Å². The summed E-state index contributed by atoms with van der Waals surface area (Å²) >= 11 is 0. The van der Waals surface area contributed by atoms with E-state index in [2.05, 4.69) is 12.2 Å². The molecule has 3 nitrogen and oxygen atoms in total. The van der Waals surface area contributed by atoms with Gasteiger partial charge in [-0.3, -0.25) is 4.79 Å². The highest BCUT2D eigenvalue weighted by Crippen LogP contribution is 2.39. The van der Waals surface area contributed by atoms with Crippen LogP contribution in [0.1, 0.15) is 71.1 Å². The van der Waals surface area contributed by atoms with Crippen LogP contribution in [0.25, 0.3) is 0 Å². The van der Waals surface area contributed by atoms with Gasteiger partial charge in [0.15, 0.2) is 0 Å². The molecule has 0 bridgehead atoms. The van der Waals surface area contributed by atoms with E-state index in [4.69, 9.17) is 5.73 Å². The van der Waals surface area contributed by atoms with E-state index in [1.165, 1.54) is 32.1 Å². The molecule has 0 aromatic heterocycles. The van der Waals surface area contributed by atoms with E-state index in [1.807, 2.05) is 0 Å². The Kier molecular flexibility index (Phi) is 6.13. The fourth-order valence-electron chi connectivity index (χ4n) is 3.76. The van der Waals surface area contributed by atoms with E-state index in [1.54, 1.807) is 0 Å². The number of nitrogens with one attached hydrogen (secondary N) is 1. The van der Waals surface area contributed by atoms with Crippen molar-refractivity contribution in [3.63, 3.8) is 0 Å². The molecule has 0 atom stereocenters. The Morgan fingerprint density at radius 2 is 1.58 bits per heavy atom. The van der Waals surface area contributed by atoms with Crippen molar-refractivity contribution < 1.29 is 4.79 Å². The van der Waals surface area contributed by atoms with Gasteiger partial charge in [-0.1, -0.05) is 32.1 Å². The highest BCUT2D eigenvalue weighted by Gasteiger charge is 2.36. The number of hydrogen-bond donors (Lipinski definition) is 2. The zero-order chi connectivity index (χ0) is 13.1. The summed E-state index contributed by atoms with van der Waals surface area (Å²) in [6, 6.07) is 0. The second-order valence-corrected chi connectivity index (χ2v) is 6.76. The predicted octanol–water partition coefficient (Wildman–Crippen LogP) is 3.16. The van der Waals surface area contributed by atoms with E-state index in [-0.39, 0.29) is 29.3 Å². The molecular formula is C15H29ClN2O. The molecule has 0 radical (unpaired) electrons. The molecule has 2 fully saturated rings. The van der Waals surface area contributed by atoms with Crippen LogP contribution in [0.3, 0.4) is 0 Å². The van der Waals surface area contributed by atoms with Gasteiger partial charge in [0.05, 0.1) is 0 Å². The van der Waals surface area contributed by atoms with Crippen LogP contribution in [0.2, 0.25) is 0 Å². The first kappa shape index (κ1) is 16.8. The van der Waals surface area contributed by atoms with E-state index in [0.717, 1.165) is 25.7 Å². The fourth-order valence-corrected chi connectivity index (χ4v) is 3.76. The molecule has 2 aliphatic rings. The molecule has 0 spiro atoms. The Balaban J connectivity index is 0.00000180. The zero-order valence-corrected chi connectivity index (χ0v) is 13.0. The van der Waals surface area contributed by atoms with Gasteiger partial charge in [-0.2, -0.15) is 0 Å². The summed E-state index contributed by atoms with van der Waals surface area (Å²) in [6.07, 6.45) is 11.4. The van der Waals surface area contributed by atoms with E-state index in [9.17, 15) is 4.79 Å². The van der Waals surface area contributed by atoms with Crippen LogP contribution in [0.5, 0.6) is 0 Å². The zero-order valence-electron chi connectivity index (χ0n) is 12.2. The number of halogens is 1. The van der Waals surface area contributed by atoms with Crippen LogP contribution in [-0.2, 0) is 4.79 Å². The smallest absolute Gasteiger partial charge is 0.221 e. The lowest BCUT2D eigenvalue weighted by Gasteiger charge is -2.37. The van der Waals surface area contributed by atoms with Gasteiger partial charge in [-0.25, -0.2) is 0 Å². The summed E-state index contributed by atoms with van der Waals surface area (Å²) in [5.74, 6) is 0.228. The Bertz CT molecular complexity index is 295. The Morgan fingerprint density at radius 3 is 2.11 bits per heavy atom. The molecule has 1 amide bonds. The third kappa shape index (κ3) is 4.35. The van der Waals surface area contributed by atoms with Crippen LogP contribution in [0.4, 0.5) is 0 Å². The lowest BCUT2D eigenvalue weighted by atomic mass is 9.71. The first-order valence-electron chi connectivity index (χ1n) is 7.59. The maximum Gasteiger partial charge on any atom is 0.221 e. The van der Waals surface area contributed by atoms with E-state index >= 15 is 0 Å². The lowest BCUT2D eigenvalue weighted by molar-refractivity contribution is -0.125. The standard InChI is InChI=1S/C15H28N2O.ClH/c1-14(7-5-6-8-14)17-13(18)11-15(12-16)9-3-2-4-10-15;/h2-12,16H2,1H3,(H,17,18);1H. The summed E-state index contributed by atoms with van der Waals surface area (Å²) in [6.45, 7) is 2.85. The molecular weight excluding hydrogens is 260 g/mol. The first-order chi connectivity index (χ1) is 8.58. The van der Waals surface area contributed by atoms with Gasteiger partial charge in [0.25, 0.3) is 0 Å². The molecule has 0 aromatic carbocycles. The van der Waals surface area contributed by atoms with Crippen molar-refractivity contribution in [1.82, 2.24) is 5.32 Å². The van der Waals surface area contributed by atoms with Gasteiger partial charge >= 0.3 is 0 Å². The minimum atomic E-state index is 0. The fraction of sp³-hybridized carbons (Fsp3) is 0.933. The van der Waals surface area contributed by atoms with Crippen molar-refractivity contribution in [2.45, 2.75) is 76.7 Å². The molecule has 0 aliphatic heterocycles. The quantitative estimate of drug-likeness (QED) is 0.835. The van der Waals surface area contributed by atoms with E-state index < -0.39 is 0 Å². The minimum Gasteiger partial charge on any atom is -0.351 e. The van der Waals surface area contributed by atoms with Crippen molar-refractivity contribution in [3.8, 4) is 0 Å².